The van der Waals surface area contributed by atoms with Gasteiger partial charge in [0.1, 0.15) is 17.2 Å². The summed E-state index contributed by atoms with van der Waals surface area (Å²) in [4.78, 5) is 13.1. The molecule has 228 valence electrons. The molecule has 0 radical (unpaired) electrons. The molecular formula is C39H31F2N3O2. The molecule has 1 aliphatic rings. The van der Waals surface area contributed by atoms with Crippen LogP contribution in [0.15, 0.2) is 127 Å². The Labute approximate surface area is 265 Å². The lowest BCUT2D eigenvalue weighted by Gasteiger charge is -2.37. The van der Waals surface area contributed by atoms with Gasteiger partial charge in [-0.2, -0.15) is 5.10 Å². The lowest BCUT2D eigenvalue weighted by Crippen LogP contribution is -2.38. The molecule has 7 heteroatoms. The second-order valence-corrected chi connectivity index (χ2v) is 11.7. The highest BCUT2D eigenvalue weighted by molar-refractivity contribution is 6.00. The summed E-state index contributed by atoms with van der Waals surface area (Å²) >= 11 is 0. The van der Waals surface area contributed by atoms with E-state index in [0.717, 1.165) is 22.3 Å². The lowest BCUT2D eigenvalue weighted by atomic mass is 9.77. The number of nitrogens with one attached hydrogen (secondary N) is 1. The molecule has 1 amide bonds. The van der Waals surface area contributed by atoms with E-state index >= 15 is 4.39 Å². The quantitative estimate of drug-likeness (QED) is 0.163. The van der Waals surface area contributed by atoms with Crippen molar-refractivity contribution in [2.24, 2.45) is 5.41 Å². The zero-order valence-corrected chi connectivity index (χ0v) is 24.9. The van der Waals surface area contributed by atoms with E-state index in [1.165, 1.54) is 18.2 Å². The van der Waals surface area contributed by atoms with Crippen molar-refractivity contribution in [2.45, 2.75) is 18.4 Å². The van der Waals surface area contributed by atoms with E-state index in [-0.39, 0.29) is 18.1 Å². The number of halogens is 2. The van der Waals surface area contributed by atoms with Crippen LogP contribution in [0.1, 0.15) is 40.8 Å². The molecule has 7 rings (SSSR count). The molecule has 1 saturated carbocycles. The van der Waals surface area contributed by atoms with Gasteiger partial charge in [-0.05, 0) is 59.4 Å². The molecule has 0 aliphatic heterocycles. The molecule has 0 unspecified atom stereocenters. The number of nitrogens with zero attached hydrogens (tertiary/aromatic N) is 2. The van der Waals surface area contributed by atoms with Gasteiger partial charge in [0, 0.05) is 11.5 Å². The van der Waals surface area contributed by atoms with Gasteiger partial charge in [0.05, 0.1) is 28.9 Å². The molecule has 2 N–H and O–H groups in total. The maximum atomic E-state index is 16.1. The fraction of sp³-hybridized carbons (Fsp3) is 0.128. The fourth-order valence-electron chi connectivity index (χ4n) is 6.15. The molecule has 1 aromatic heterocycles. The van der Waals surface area contributed by atoms with Gasteiger partial charge in [-0.3, -0.25) is 4.79 Å². The molecule has 0 atom stereocenters. The van der Waals surface area contributed by atoms with Crippen molar-refractivity contribution < 1.29 is 18.7 Å². The number of aliphatic hydroxyl groups excluding tert-OH is 1. The van der Waals surface area contributed by atoms with Crippen molar-refractivity contribution >= 4 is 34.6 Å². The monoisotopic (exact) mass is 611 g/mol. The number of fused-ring (bicyclic) bond motifs is 1. The molecule has 5 nitrogen and oxygen atoms in total. The summed E-state index contributed by atoms with van der Waals surface area (Å²) in [5, 5.41) is 18.3. The van der Waals surface area contributed by atoms with Crippen LogP contribution in [0.3, 0.4) is 0 Å². The Morgan fingerprint density at radius 1 is 0.804 bits per heavy atom. The van der Waals surface area contributed by atoms with E-state index in [2.05, 4.69) is 5.32 Å². The number of carbonyl (C=O) groups is 1. The summed E-state index contributed by atoms with van der Waals surface area (Å²) in [6.45, 7) is -0.292. The minimum Gasteiger partial charge on any atom is -0.395 e. The van der Waals surface area contributed by atoms with E-state index in [9.17, 15) is 14.3 Å². The first-order valence-corrected chi connectivity index (χ1v) is 15.2. The van der Waals surface area contributed by atoms with Crippen molar-refractivity contribution in [1.82, 2.24) is 9.78 Å². The number of hydrogen-bond acceptors (Lipinski definition) is 3. The second kappa shape index (κ2) is 11.8. The molecular weight excluding hydrogens is 580 g/mol. The van der Waals surface area contributed by atoms with Gasteiger partial charge < -0.3 is 10.4 Å². The average molecular weight is 612 g/mol. The van der Waals surface area contributed by atoms with E-state index in [0.29, 0.717) is 29.4 Å². The predicted octanol–water partition coefficient (Wildman–Crippen LogP) is 8.04. The Bertz CT molecular complexity index is 1940. The van der Waals surface area contributed by atoms with Gasteiger partial charge in [0.25, 0.3) is 0 Å². The average Bonchev–Trinajstić information content (AvgIpc) is 3.84. The van der Waals surface area contributed by atoms with Gasteiger partial charge in [-0.1, -0.05) is 109 Å². The fourth-order valence-corrected chi connectivity index (χ4v) is 6.15. The molecule has 6 aromatic rings. The summed E-state index contributed by atoms with van der Waals surface area (Å²) in [5.74, 6) is -1.36. The van der Waals surface area contributed by atoms with Crippen LogP contribution in [0.25, 0.3) is 23.1 Å². The molecule has 0 spiro atoms. The zero-order chi connectivity index (χ0) is 31.7. The Morgan fingerprint density at radius 2 is 1.35 bits per heavy atom. The van der Waals surface area contributed by atoms with Gasteiger partial charge in [-0.25, -0.2) is 13.5 Å². The summed E-state index contributed by atoms with van der Waals surface area (Å²) in [6, 6.07) is 39.1. The second-order valence-electron chi connectivity index (χ2n) is 11.7. The maximum absolute atomic E-state index is 16.1. The van der Waals surface area contributed by atoms with Crippen LogP contribution < -0.4 is 5.32 Å². The first kappa shape index (κ1) is 29.3. The van der Waals surface area contributed by atoms with Crippen LogP contribution in [0.5, 0.6) is 0 Å². The topological polar surface area (TPSA) is 67.2 Å². The number of rotatable bonds is 9. The van der Waals surface area contributed by atoms with Crippen molar-refractivity contribution in [3.05, 3.63) is 167 Å². The smallest absolute Gasteiger partial charge is 0.232 e. The Hall–Kier alpha value is -5.40. The minimum atomic E-state index is -1.02. The zero-order valence-electron chi connectivity index (χ0n) is 24.9. The van der Waals surface area contributed by atoms with Crippen molar-refractivity contribution in [3.8, 4) is 0 Å². The van der Waals surface area contributed by atoms with Gasteiger partial charge in [0.15, 0.2) is 0 Å². The molecule has 46 heavy (non-hydrogen) atoms. The van der Waals surface area contributed by atoms with E-state index in [4.69, 9.17) is 5.10 Å². The lowest BCUT2D eigenvalue weighted by molar-refractivity contribution is -0.122. The summed E-state index contributed by atoms with van der Waals surface area (Å²) in [7, 11) is 0. The van der Waals surface area contributed by atoms with E-state index in [1.807, 2.05) is 108 Å². The van der Waals surface area contributed by atoms with Crippen molar-refractivity contribution in [1.29, 1.82) is 0 Å². The third-order valence-electron chi connectivity index (χ3n) is 8.88. The molecule has 1 heterocycles. The number of hydrogen-bond donors (Lipinski definition) is 2. The highest BCUT2D eigenvalue weighted by atomic mass is 19.1. The number of amides is 1. The Balaban J connectivity index is 1.51. The van der Waals surface area contributed by atoms with Crippen LogP contribution in [0, 0.1) is 17.0 Å². The molecule has 5 aromatic carbocycles. The number of benzene rings is 5. The van der Waals surface area contributed by atoms with Crippen LogP contribution in [-0.4, -0.2) is 27.4 Å². The SMILES string of the molecule is O=C(Nc1cc2c(/C=C/c3ccc(F)cc3)nn(C(c3ccccc3)(c3ccccc3)c3ccccc3)c2cc1F)C1(CO)CC1. The Morgan fingerprint density at radius 3 is 1.85 bits per heavy atom. The molecule has 0 bridgehead atoms. The first-order valence-electron chi connectivity index (χ1n) is 15.2. The molecule has 1 fully saturated rings. The highest BCUT2D eigenvalue weighted by Gasteiger charge is 2.49. The maximum Gasteiger partial charge on any atom is 0.232 e. The third-order valence-corrected chi connectivity index (χ3v) is 8.88. The van der Waals surface area contributed by atoms with Crippen LogP contribution in [0.4, 0.5) is 14.5 Å². The number of aromatic nitrogens is 2. The van der Waals surface area contributed by atoms with Gasteiger partial charge in [0.2, 0.25) is 5.91 Å². The van der Waals surface area contributed by atoms with Crippen molar-refractivity contribution in [3.63, 3.8) is 0 Å². The van der Waals surface area contributed by atoms with E-state index in [1.54, 1.807) is 18.2 Å². The normalized spacial score (nSPS) is 14.1. The van der Waals surface area contributed by atoms with Crippen LogP contribution >= 0.6 is 0 Å². The standard InChI is InChI=1S/C39H31F2N3O2/c40-31-19-16-27(17-20-31)18-21-34-32-24-35(42-37(46)38(26-45)22-23-38)33(41)25-36(32)44(43-34)39(28-10-4-1-5-11-28,29-12-6-2-7-13-29)30-14-8-3-9-15-30/h1-21,24-25,45H,22-23,26H2,(H,42,46)/b21-18+. The largest absolute Gasteiger partial charge is 0.395 e. The summed E-state index contributed by atoms with van der Waals surface area (Å²) in [5.41, 5.74) is 2.68. The number of anilines is 1. The molecule has 1 aliphatic carbocycles. The summed E-state index contributed by atoms with van der Waals surface area (Å²) < 4.78 is 31.6. The predicted molar refractivity (Wildman–Crippen MR) is 177 cm³/mol. The Kier molecular flexibility index (Phi) is 7.54. The van der Waals surface area contributed by atoms with Gasteiger partial charge in [-0.15, -0.1) is 0 Å². The first-order chi connectivity index (χ1) is 22.4. The summed E-state index contributed by atoms with van der Waals surface area (Å²) in [6.07, 6.45) is 4.75. The van der Waals surface area contributed by atoms with E-state index < -0.39 is 22.7 Å². The minimum absolute atomic E-state index is 0.0120. The molecule has 0 saturated heterocycles. The van der Waals surface area contributed by atoms with Gasteiger partial charge >= 0.3 is 0 Å². The number of carbonyl (C=O) groups excluding carboxylic acids is 1. The highest BCUT2D eigenvalue weighted by Crippen LogP contribution is 2.47. The van der Waals surface area contributed by atoms with Crippen LogP contribution in [-0.2, 0) is 10.3 Å². The third kappa shape index (κ3) is 5.08. The number of aliphatic hydroxyl groups is 1. The van der Waals surface area contributed by atoms with Crippen LogP contribution in [0.2, 0.25) is 0 Å². The van der Waals surface area contributed by atoms with Crippen molar-refractivity contribution in [2.75, 3.05) is 11.9 Å².